The molecule has 0 bridgehead atoms. The molecule has 1 fully saturated rings. The highest BCUT2D eigenvalue weighted by Gasteiger charge is 2.28. The molecule has 116 valence electrons. The Labute approximate surface area is 125 Å². The molecule has 2 rings (SSSR count). The number of hydrogen-bond donors (Lipinski definition) is 1. The van der Waals surface area contributed by atoms with Gasteiger partial charge in [0.2, 0.25) is 0 Å². The van der Waals surface area contributed by atoms with Crippen LogP contribution in [0.4, 0.5) is 4.39 Å². The maximum Gasteiger partial charge on any atom is 0.251 e. The average Bonchev–Trinajstić information content (AvgIpc) is 2.46. The fourth-order valence-electron chi connectivity index (χ4n) is 2.55. The first kappa shape index (κ1) is 15.9. The largest absolute Gasteiger partial charge is 0.379 e. The number of nitrogens with one attached hydrogen (secondary N) is 1. The van der Waals surface area contributed by atoms with Crippen molar-refractivity contribution >= 4 is 5.91 Å². The number of hydrogen-bond acceptors (Lipinski definition) is 3. The molecule has 21 heavy (non-hydrogen) atoms. The molecule has 4 nitrogen and oxygen atoms in total. The highest BCUT2D eigenvalue weighted by molar-refractivity contribution is 5.95. The van der Waals surface area contributed by atoms with Gasteiger partial charge in [0.1, 0.15) is 5.82 Å². The smallest absolute Gasteiger partial charge is 0.251 e. The molecule has 5 heteroatoms. The van der Waals surface area contributed by atoms with Crippen LogP contribution in [-0.2, 0) is 4.74 Å². The summed E-state index contributed by atoms with van der Waals surface area (Å²) >= 11 is 0. The van der Waals surface area contributed by atoms with Gasteiger partial charge in [-0.05, 0) is 44.5 Å². The summed E-state index contributed by atoms with van der Waals surface area (Å²) in [4.78, 5) is 14.5. The van der Waals surface area contributed by atoms with Crippen LogP contribution < -0.4 is 5.32 Å². The van der Waals surface area contributed by atoms with Crippen molar-refractivity contribution in [1.82, 2.24) is 10.2 Å². The van der Waals surface area contributed by atoms with Gasteiger partial charge >= 0.3 is 0 Å². The van der Waals surface area contributed by atoms with Gasteiger partial charge in [-0.3, -0.25) is 9.69 Å². The van der Waals surface area contributed by atoms with Crippen LogP contribution in [0.2, 0.25) is 0 Å². The lowest BCUT2D eigenvalue weighted by atomic mass is 10.0. The van der Waals surface area contributed by atoms with Gasteiger partial charge in [-0.1, -0.05) is 0 Å². The summed E-state index contributed by atoms with van der Waals surface area (Å²) in [6.45, 7) is 9.71. The SMILES string of the molecule is Cc1cc(F)ccc1C(=O)NCC(C)(C)N1CCOCC1. The molecule has 0 saturated carbocycles. The highest BCUT2D eigenvalue weighted by atomic mass is 19.1. The van der Waals surface area contributed by atoms with Gasteiger partial charge < -0.3 is 10.1 Å². The summed E-state index contributed by atoms with van der Waals surface area (Å²) in [5.41, 5.74) is 1.04. The standard InChI is InChI=1S/C16H23FN2O2/c1-12-10-13(17)4-5-14(12)15(20)18-11-16(2,3)19-6-8-21-9-7-19/h4-5,10H,6-9,11H2,1-3H3,(H,18,20). The quantitative estimate of drug-likeness (QED) is 0.923. The maximum atomic E-state index is 13.1. The van der Waals surface area contributed by atoms with Crippen molar-refractivity contribution in [3.63, 3.8) is 0 Å². The first-order valence-corrected chi connectivity index (χ1v) is 7.27. The lowest BCUT2D eigenvalue weighted by molar-refractivity contribution is -0.00923. The zero-order valence-electron chi connectivity index (χ0n) is 12.9. The second-order valence-corrected chi connectivity index (χ2v) is 6.05. The van der Waals surface area contributed by atoms with Gasteiger partial charge in [-0.25, -0.2) is 4.39 Å². The molecule has 0 radical (unpaired) electrons. The number of benzene rings is 1. The fourth-order valence-corrected chi connectivity index (χ4v) is 2.55. The summed E-state index contributed by atoms with van der Waals surface area (Å²) in [6.07, 6.45) is 0. The Bertz CT molecular complexity index is 511. The van der Waals surface area contributed by atoms with Crippen LogP contribution in [0.3, 0.4) is 0 Å². The minimum Gasteiger partial charge on any atom is -0.379 e. The van der Waals surface area contributed by atoms with Crippen molar-refractivity contribution in [2.75, 3.05) is 32.8 Å². The number of carbonyl (C=O) groups excluding carboxylic acids is 1. The van der Waals surface area contributed by atoms with E-state index in [9.17, 15) is 9.18 Å². The van der Waals surface area contributed by atoms with Crippen molar-refractivity contribution in [3.8, 4) is 0 Å². The molecule has 1 aliphatic rings. The van der Waals surface area contributed by atoms with E-state index in [-0.39, 0.29) is 17.3 Å². The van der Waals surface area contributed by atoms with Crippen LogP contribution in [0.1, 0.15) is 29.8 Å². The molecule has 0 unspecified atom stereocenters. The Morgan fingerprint density at radius 1 is 1.38 bits per heavy atom. The summed E-state index contributed by atoms with van der Waals surface area (Å²) < 4.78 is 18.4. The summed E-state index contributed by atoms with van der Waals surface area (Å²) in [5, 5.41) is 2.95. The molecule has 1 saturated heterocycles. The Balaban J connectivity index is 1.96. The fraction of sp³-hybridized carbons (Fsp3) is 0.562. The van der Waals surface area contributed by atoms with Crippen molar-refractivity contribution in [2.45, 2.75) is 26.3 Å². The molecule has 1 heterocycles. The number of aryl methyl sites for hydroxylation is 1. The third kappa shape index (κ3) is 4.02. The van der Waals surface area contributed by atoms with Gasteiger partial charge in [0.15, 0.2) is 0 Å². The first-order valence-electron chi connectivity index (χ1n) is 7.27. The zero-order valence-corrected chi connectivity index (χ0v) is 12.9. The summed E-state index contributed by atoms with van der Waals surface area (Å²) in [5.74, 6) is -0.480. The number of halogens is 1. The van der Waals surface area contributed by atoms with E-state index in [0.29, 0.717) is 17.7 Å². The molecule has 0 atom stereocenters. The molecular formula is C16H23FN2O2. The van der Waals surface area contributed by atoms with Gasteiger partial charge in [0, 0.05) is 30.7 Å². The van der Waals surface area contributed by atoms with Crippen LogP contribution in [0.25, 0.3) is 0 Å². The first-order chi connectivity index (χ1) is 9.90. The van der Waals surface area contributed by atoms with E-state index in [1.807, 2.05) is 0 Å². The molecule has 0 aliphatic carbocycles. The Morgan fingerprint density at radius 3 is 2.67 bits per heavy atom. The lowest BCUT2D eigenvalue weighted by Gasteiger charge is -2.40. The van der Waals surface area contributed by atoms with E-state index in [0.717, 1.165) is 26.3 Å². The summed E-state index contributed by atoms with van der Waals surface area (Å²) in [7, 11) is 0. The number of nitrogens with zero attached hydrogens (tertiary/aromatic N) is 1. The van der Waals surface area contributed by atoms with E-state index in [2.05, 4.69) is 24.1 Å². The van der Waals surface area contributed by atoms with Crippen molar-refractivity contribution < 1.29 is 13.9 Å². The molecule has 1 amide bonds. The normalized spacial score (nSPS) is 16.8. The van der Waals surface area contributed by atoms with Gasteiger partial charge in [-0.15, -0.1) is 0 Å². The second-order valence-electron chi connectivity index (χ2n) is 6.05. The molecule has 1 aromatic carbocycles. The Hall–Kier alpha value is -1.46. The van der Waals surface area contributed by atoms with Crippen molar-refractivity contribution in [3.05, 3.63) is 35.1 Å². The van der Waals surface area contributed by atoms with Gasteiger partial charge in [0.25, 0.3) is 5.91 Å². The number of ether oxygens (including phenoxy) is 1. The number of carbonyl (C=O) groups is 1. The number of amides is 1. The number of rotatable bonds is 4. The number of morpholine rings is 1. The molecule has 0 spiro atoms. The van der Waals surface area contributed by atoms with Crippen LogP contribution in [0, 0.1) is 12.7 Å². The third-order valence-corrected chi connectivity index (χ3v) is 3.98. The van der Waals surface area contributed by atoms with E-state index in [1.54, 1.807) is 6.92 Å². The molecule has 1 aromatic rings. The van der Waals surface area contributed by atoms with Crippen LogP contribution in [-0.4, -0.2) is 49.2 Å². The zero-order chi connectivity index (χ0) is 15.5. The van der Waals surface area contributed by atoms with Gasteiger partial charge in [0.05, 0.1) is 13.2 Å². The molecule has 1 aliphatic heterocycles. The van der Waals surface area contributed by atoms with Crippen LogP contribution in [0.15, 0.2) is 18.2 Å². The van der Waals surface area contributed by atoms with E-state index in [1.165, 1.54) is 18.2 Å². The van der Waals surface area contributed by atoms with E-state index in [4.69, 9.17) is 4.74 Å². The van der Waals surface area contributed by atoms with Crippen LogP contribution in [0.5, 0.6) is 0 Å². The predicted octanol–water partition coefficient (Wildman–Crippen LogP) is 1.97. The Kier molecular flexibility index (Phi) is 4.96. The second kappa shape index (κ2) is 6.54. The van der Waals surface area contributed by atoms with Crippen molar-refractivity contribution in [2.24, 2.45) is 0 Å². The van der Waals surface area contributed by atoms with Gasteiger partial charge in [-0.2, -0.15) is 0 Å². The summed E-state index contributed by atoms with van der Waals surface area (Å²) in [6, 6.07) is 4.22. The van der Waals surface area contributed by atoms with E-state index >= 15 is 0 Å². The lowest BCUT2D eigenvalue weighted by Crippen LogP contribution is -2.55. The predicted molar refractivity (Wildman–Crippen MR) is 79.9 cm³/mol. The highest BCUT2D eigenvalue weighted by Crippen LogP contribution is 2.16. The maximum absolute atomic E-state index is 13.1. The minimum absolute atomic E-state index is 0.132. The minimum atomic E-state index is -0.322. The molecule has 0 aromatic heterocycles. The van der Waals surface area contributed by atoms with E-state index < -0.39 is 0 Å². The average molecular weight is 294 g/mol. The molecule has 1 N–H and O–H groups in total. The Morgan fingerprint density at radius 2 is 2.05 bits per heavy atom. The topological polar surface area (TPSA) is 41.6 Å². The van der Waals surface area contributed by atoms with Crippen LogP contribution >= 0.6 is 0 Å². The molecular weight excluding hydrogens is 271 g/mol. The third-order valence-electron chi connectivity index (χ3n) is 3.98. The monoisotopic (exact) mass is 294 g/mol. The van der Waals surface area contributed by atoms with Crippen molar-refractivity contribution in [1.29, 1.82) is 0 Å².